The lowest BCUT2D eigenvalue weighted by molar-refractivity contribution is -0.117. The molecule has 1 aliphatic heterocycles. The molecule has 1 aliphatic rings. The summed E-state index contributed by atoms with van der Waals surface area (Å²) in [6, 6.07) is 11.8. The Kier molecular flexibility index (Phi) is 4.67. The Morgan fingerprint density at radius 2 is 1.84 bits per heavy atom. The minimum absolute atomic E-state index is 0.00000793. The first-order valence-corrected chi connectivity index (χ1v) is 9.47. The maximum Gasteiger partial charge on any atom is 0.265 e. The Morgan fingerprint density at radius 1 is 1.12 bits per heavy atom. The number of nitrogens with zero attached hydrogens (tertiary/aromatic N) is 1. The van der Waals surface area contributed by atoms with Crippen molar-refractivity contribution in [2.45, 2.75) is 24.7 Å². The fraction of sp³-hybridized carbons (Fsp3) is 0.278. The van der Waals surface area contributed by atoms with E-state index in [1.807, 2.05) is 19.1 Å². The van der Waals surface area contributed by atoms with Gasteiger partial charge in [0.15, 0.2) is 0 Å². The van der Waals surface area contributed by atoms with Crippen molar-refractivity contribution in [2.75, 3.05) is 23.3 Å². The van der Waals surface area contributed by atoms with Crippen molar-refractivity contribution >= 4 is 27.3 Å². The van der Waals surface area contributed by atoms with Gasteiger partial charge in [-0.25, -0.2) is 8.42 Å². The SMILES string of the molecule is COc1ccc(N2CCCC2=O)cc1S(=O)(=O)Nc1ccc(C)cc1. The van der Waals surface area contributed by atoms with Crippen LogP contribution in [0.15, 0.2) is 47.4 Å². The molecule has 0 bridgehead atoms. The van der Waals surface area contributed by atoms with Gasteiger partial charge in [0.25, 0.3) is 10.0 Å². The molecule has 0 spiro atoms. The first kappa shape index (κ1) is 17.3. The fourth-order valence-corrected chi connectivity index (χ4v) is 4.04. The van der Waals surface area contributed by atoms with Crippen LogP contribution in [0.25, 0.3) is 0 Å². The molecule has 25 heavy (non-hydrogen) atoms. The largest absolute Gasteiger partial charge is 0.495 e. The molecule has 0 radical (unpaired) electrons. The minimum atomic E-state index is -3.85. The molecule has 0 unspecified atom stereocenters. The quantitative estimate of drug-likeness (QED) is 0.889. The smallest absolute Gasteiger partial charge is 0.265 e. The zero-order valence-corrected chi connectivity index (χ0v) is 15.0. The summed E-state index contributed by atoms with van der Waals surface area (Å²) in [5, 5.41) is 0. The van der Waals surface area contributed by atoms with Crippen LogP contribution in [0, 0.1) is 6.92 Å². The third kappa shape index (κ3) is 3.61. The molecular weight excluding hydrogens is 340 g/mol. The van der Waals surface area contributed by atoms with E-state index in [0.717, 1.165) is 12.0 Å². The monoisotopic (exact) mass is 360 g/mol. The van der Waals surface area contributed by atoms with Gasteiger partial charge in [-0.1, -0.05) is 17.7 Å². The number of methoxy groups -OCH3 is 1. The second kappa shape index (κ2) is 6.76. The third-order valence-corrected chi connectivity index (χ3v) is 5.53. The number of amides is 1. The molecule has 2 aromatic rings. The summed E-state index contributed by atoms with van der Waals surface area (Å²) in [5.74, 6) is 0.231. The normalized spacial score (nSPS) is 14.6. The molecule has 0 aromatic heterocycles. The maximum atomic E-state index is 12.8. The van der Waals surface area contributed by atoms with E-state index in [-0.39, 0.29) is 16.6 Å². The van der Waals surface area contributed by atoms with Crippen LogP contribution >= 0.6 is 0 Å². The average molecular weight is 360 g/mol. The highest BCUT2D eigenvalue weighted by atomic mass is 32.2. The number of anilines is 2. The molecule has 7 heteroatoms. The van der Waals surface area contributed by atoms with Crippen LogP contribution in [0.5, 0.6) is 5.75 Å². The van der Waals surface area contributed by atoms with Gasteiger partial charge in [-0.3, -0.25) is 9.52 Å². The Bertz CT molecular complexity index is 892. The molecule has 1 heterocycles. The fourth-order valence-electron chi connectivity index (χ4n) is 2.80. The van der Waals surface area contributed by atoms with Crippen molar-refractivity contribution in [1.82, 2.24) is 0 Å². The second-order valence-electron chi connectivity index (χ2n) is 5.96. The summed E-state index contributed by atoms with van der Waals surface area (Å²) in [5.41, 5.74) is 2.07. The van der Waals surface area contributed by atoms with Crippen molar-refractivity contribution in [3.8, 4) is 5.75 Å². The highest BCUT2D eigenvalue weighted by Gasteiger charge is 2.26. The van der Waals surface area contributed by atoms with Gasteiger partial charge >= 0.3 is 0 Å². The molecule has 0 atom stereocenters. The van der Waals surface area contributed by atoms with Gasteiger partial charge in [0.1, 0.15) is 10.6 Å². The van der Waals surface area contributed by atoms with Gasteiger partial charge in [-0.05, 0) is 43.7 Å². The Balaban J connectivity index is 1.98. The average Bonchev–Trinajstić information content (AvgIpc) is 3.02. The minimum Gasteiger partial charge on any atom is -0.495 e. The van der Waals surface area contributed by atoms with E-state index in [1.165, 1.54) is 13.2 Å². The van der Waals surface area contributed by atoms with E-state index < -0.39 is 10.0 Å². The van der Waals surface area contributed by atoms with Crippen molar-refractivity contribution in [3.05, 3.63) is 48.0 Å². The summed E-state index contributed by atoms with van der Waals surface area (Å²) in [6.07, 6.45) is 1.25. The first-order chi connectivity index (χ1) is 11.9. The molecule has 1 amide bonds. The summed E-state index contributed by atoms with van der Waals surface area (Å²) < 4.78 is 33.4. The van der Waals surface area contributed by atoms with E-state index in [1.54, 1.807) is 29.2 Å². The zero-order valence-electron chi connectivity index (χ0n) is 14.2. The number of rotatable bonds is 5. The summed E-state index contributed by atoms with van der Waals surface area (Å²) in [7, 11) is -2.43. The maximum absolute atomic E-state index is 12.8. The molecule has 0 saturated carbocycles. The number of hydrogen-bond donors (Lipinski definition) is 1. The Morgan fingerprint density at radius 3 is 2.44 bits per heavy atom. The lowest BCUT2D eigenvalue weighted by Gasteiger charge is -2.18. The topological polar surface area (TPSA) is 75.7 Å². The van der Waals surface area contributed by atoms with Crippen LogP contribution in [0.4, 0.5) is 11.4 Å². The van der Waals surface area contributed by atoms with Gasteiger partial charge in [-0.2, -0.15) is 0 Å². The van der Waals surface area contributed by atoms with E-state index in [0.29, 0.717) is 24.3 Å². The molecule has 2 aromatic carbocycles. The second-order valence-corrected chi connectivity index (χ2v) is 7.61. The number of ether oxygens (including phenoxy) is 1. The van der Waals surface area contributed by atoms with Gasteiger partial charge in [0.2, 0.25) is 5.91 Å². The Labute approximate surface area is 147 Å². The summed E-state index contributed by atoms with van der Waals surface area (Å²) in [6.45, 7) is 2.52. The standard InChI is InChI=1S/C18H20N2O4S/c1-13-5-7-14(8-6-13)19-25(22,23)17-12-15(9-10-16(17)24-2)20-11-3-4-18(20)21/h5-10,12,19H,3-4,11H2,1-2H3. The summed E-state index contributed by atoms with van der Waals surface area (Å²) >= 11 is 0. The van der Waals surface area contributed by atoms with E-state index in [4.69, 9.17) is 4.74 Å². The van der Waals surface area contributed by atoms with Crippen LogP contribution < -0.4 is 14.4 Å². The number of aryl methyl sites for hydroxylation is 1. The predicted molar refractivity (Wildman–Crippen MR) is 96.6 cm³/mol. The van der Waals surface area contributed by atoms with Gasteiger partial charge in [0.05, 0.1) is 7.11 Å². The van der Waals surface area contributed by atoms with E-state index in [9.17, 15) is 13.2 Å². The van der Waals surface area contributed by atoms with Crippen LogP contribution in [0.3, 0.4) is 0 Å². The number of benzene rings is 2. The highest BCUT2D eigenvalue weighted by molar-refractivity contribution is 7.92. The van der Waals surface area contributed by atoms with Crippen molar-refractivity contribution in [2.24, 2.45) is 0 Å². The highest BCUT2D eigenvalue weighted by Crippen LogP contribution is 2.32. The number of carbonyl (C=O) groups excluding carboxylic acids is 1. The van der Waals surface area contributed by atoms with E-state index >= 15 is 0 Å². The molecule has 1 fully saturated rings. The molecule has 6 nitrogen and oxygen atoms in total. The zero-order chi connectivity index (χ0) is 18.0. The number of carbonyl (C=O) groups is 1. The van der Waals surface area contributed by atoms with Crippen molar-refractivity contribution in [3.63, 3.8) is 0 Å². The molecule has 132 valence electrons. The van der Waals surface area contributed by atoms with E-state index in [2.05, 4.69) is 4.72 Å². The predicted octanol–water partition coefficient (Wildman–Crippen LogP) is 2.93. The van der Waals surface area contributed by atoms with Crippen LogP contribution in [0.1, 0.15) is 18.4 Å². The number of nitrogens with one attached hydrogen (secondary N) is 1. The lowest BCUT2D eigenvalue weighted by atomic mass is 10.2. The molecule has 1 N–H and O–H groups in total. The Hall–Kier alpha value is -2.54. The number of hydrogen-bond acceptors (Lipinski definition) is 4. The van der Waals surface area contributed by atoms with Gasteiger partial charge in [0, 0.05) is 24.3 Å². The number of sulfonamides is 1. The van der Waals surface area contributed by atoms with Crippen LogP contribution in [-0.4, -0.2) is 28.0 Å². The summed E-state index contributed by atoms with van der Waals surface area (Å²) in [4.78, 5) is 13.6. The molecule has 0 aliphatic carbocycles. The van der Waals surface area contributed by atoms with Crippen molar-refractivity contribution < 1.29 is 17.9 Å². The molecule has 3 rings (SSSR count). The van der Waals surface area contributed by atoms with Crippen LogP contribution in [0.2, 0.25) is 0 Å². The first-order valence-electron chi connectivity index (χ1n) is 7.98. The van der Waals surface area contributed by atoms with Gasteiger partial charge < -0.3 is 9.64 Å². The molecular formula is C18H20N2O4S. The van der Waals surface area contributed by atoms with Crippen LogP contribution in [-0.2, 0) is 14.8 Å². The molecule has 1 saturated heterocycles. The van der Waals surface area contributed by atoms with Crippen molar-refractivity contribution in [1.29, 1.82) is 0 Å². The third-order valence-electron chi connectivity index (χ3n) is 4.13. The lowest BCUT2D eigenvalue weighted by Crippen LogP contribution is -2.24. The van der Waals surface area contributed by atoms with Gasteiger partial charge in [-0.15, -0.1) is 0 Å².